The summed E-state index contributed by atoms with van der Waals surface area (Å²) >= 11 is 3.27. The second kappa shape index (κ2) is 6.27. The number of benzene rings is 1. The molecule has 0 radical (unpaired) electrons. The number of halogens is 2. The van der Waals surface area contributed by atoms with Crippen LogP contribution in [0.5, 0.6) is 0 Å². The van der Waals surface area contributed by atoms with Gasteiger partial charge in [0.1, 0.15) is 11.4 Å². The number of rotatable bonds is 3. The largest absolute Gasteiger partial charge is 0.374 e. The summed E-state index contributed by atoms with van der Waals surface area (Å²) in [6, 6.07) is 2.95. The van der Waals surface area contributed by atoms with Crippen LogP contribution in [0, 0.1) is 15.9 Å². The number of nitrogens with zero attached hydrogens (tertiary/aromatic N) is 2. The minimum absolute atomic E-state index is 0.105. The topological polar surface area (TPSA) is 72.7 Å². The molecule has 8 heteroatoms. The van der Waals surface area contributed by atoms with Gasteiger partial charge in [-0.3, -0.25) is 14.9 Å². The first-order valence-corrected chi connectivity index (χ1v) is 7.06. The van der Waals surface area contributed by atoms with E-state index in [2.05, 4.69) is 15.9 Å². The van der Waals surface area contributed by atoms with Gasteiger partial charge in [-0.05, 0) is 12.1 Å². The number of morpholine rings is 1. The first-order valence-electron chi connectivity index (χ1n) is 5.93. The van der Waals surface area contributed by atoms with Crippen molar-refractivity contribution >= 4 is 27.5 Å². The number of nitro groups is 1. The van der Waals surface area contributed by atoms with Gasteiger partial charge in [0.05, 0.1) is 23.7 Å². The molecule has 1 aromatic rings. The Labute approximate surface area is 122 Å². The lowest BCUT2D eigenvalue weighted by molar-refractivity contribution is -0.385. The molecule has 1 heterocycles. The molecule has 0 aliphatic carbocycles. The third-order valence-electron chi connectivity index (χ3n) is 2.98. The van der Waals surface area contributed by atoms with E-state index in [0.717, 1.165) is 18.2 Å². The quantitative estimate of drug-likeness (QED) is 0.476. The molecule has 2 rings (SSSR count). The summed E-state index contributed by atoms with van der Waals surface area (Å²) in [5.41, 5.74) is -0.622. The molecule has 0 saturated carbocycles. The molecular formula is C12H12BrFN2O4. The Balaban J connectivity index is 2.27. The zero-order valence-corrected chi connectivity index (χ0v) is 12.0. The van der Waals surface area contributed by atoms with Crippen LogP contribution < -0.4 is 0 Å². The van der Waals surface area contributed by atoms with Crippen molar-refractivity contribution in [2.75, 3.05) is 25.0 Å². The van der Waals surface area contributed by atoms with E-state index in [1.165, 1.54) is 4.90 Å². The maximum atomic E-state index is 13.1. The Morgan fingerprint density at radius 1 is 1.60 bits per heavy atom. The first kappa shape index (κ1) is 14.9. The van der Waals surface area contributed by atoms with Gasteiger partial charge in [-0.2, -0.15) is 0 Å². The van der Waals surface area contributed by atoms with Crippen LogP contribution in [0.3, 0.4) is 0 Å². The third kappa shape index (κ3) is 3.13. The summed E-state index contributed by atoms with van der Waals surface area (Å²) in [4.78, 5) is 24.0. The maximum Gasteiger partial charge on any atom is 0.285 e. The number of carbonyl (C=O) groups excluding carboxylic acids is 1. The van der Waals surface area contributed by atoms with Crippen molar-refractivity contribution < 1.29 is 18.8 Å². The van der Waals surface area contributed by atoms with Crippen LogP contribution in [0.1, 0.15) is 10.4 Å². The number of hydrogen-bond donors (Lipinski definition) is 0. The monoisotopic (exact) mass is 346 g/mol. The summed E-state index contributed by atoms with van der Waals surface area (Å²) in [5, 5.41) is 11.5. The van der Waals surface area contributed by atoms with E-state index in [1.807, 2.05) is 0 Å². The van der Waals surface area contributed by atoms with Crippen LogP contribution in [0.4, 0.5) is 10.1 Å². The molecule has 6 nitrogen and oxygen atoms in total. The molecule has 1 fully saturated rings. The maximum absolute atomic E-state index is 13.1. The SMILES string of the molecule is O=C(c1ccc(F)cc1[N+](=O)[O-])N1CCOC(CBr)C1. The highest BCUT2D eigenvalue weighted by atomic mass is 79.9. The fraction of sp³-hybridized carbons (Fsp3) is 0.417. The van der Waals surface area contributed by atoms with Crippen molar-refractivity contribution in [1.29, 1.82) is 0 Å². The molecule has 0 N–H and O–H groups in total. The molecule has 1 aromatic carbocycles. The van der Waals surface area contributed by atoms with Crippen molar-refractivity contribution in [3.63, 3.8) is 0 Å². The predicted molar refractivity (Wildman–Crippen MR) is 72.5 cm³/mol. The Morgan fingerprint density at radius 3 is 3.00 bits per heavy atom. The normalized spacial score (nSPS) is 18.9. The van der Waals surface area contributed by atoms with Crippen LogP contribution >= 0.6 is 15.9 Å². The molecule has 1 unspecified atom stereocenters. The fourth-order valence-electron chi connectivity index (χ4n) is 2.00. The second-order valence-corrected chi connectivity index (χ2v) is 4.96. The van der Waals surface area contributed by atoms with E-state index in [0.29, 0.717) is 25.0 Å². The summed E-state index contributed by atoms with van der Waals surface area (Å²) in [6.45, 7) is 1.08. The standard InChI is InChI=1S/C12H12BrFN2O4/c13-6-9-7-15(3-4-20-9)12(17)10-2-1-8(14)5-11(10)16(18)19/h1-2,5,9H,3-4,6-7H2. The molecular weight excluding hydrogens is 335 g/mol. The number of hydrogen-bond acceptors (Lipinski definition) is 4. The molecule has 1 saturated heterocycles. The van der Waals surface area contributed by atoms with Crippen molar-refractivity contribution in [3.05, 3.63) is 39.7 Å². The second-order valence-electron chi connectivity index (χ2n) is 4.32. The molecule has 1 aliphatic heterocycles. The number of nitro benzene ring substituents is 1. The van der Waals surface area contributed by atoms with E-state index in [1.54, 1.807) is 0 Å². The third-order valence-corrected chi connectivity index (χ3v) is 3.71. The lowest BCUT2D eigenvalue weighted by atomic mass is 10.1. The van der Waals surface area contributed by atoms with E-state index >= 15 is 0 Å². The van der Waals surface area contributed by atoms with Gasteiger partial charge < -0.3 is 9.64 Å². The molecule has 0 bridgehead atoms. The van der Waals surface area contributed by atoms with E-state index in [4.69, 9.17) is 4.74 Å². The molecule has 108 valence electrons. The van der Waals surface area contributed by atoms with E-state index in [-0.39, 0.29) is 11.7 Å². The highest BCUT2D eigenvalue weighted by Gasteiger charge is 2.29. The minimum atomic E-state index is -0.751. The lowest BCUT2D eigenvalue weighted by Crippen LogP contribution is -2.46. The van der Waals surface area contributed by atoms with Crippen molar-refractivity contribution in [3.8, 4) is 0 Å². The zero-order valence-electron chi connectivity index (χ0n) is 10.4. The highest BCUT2D eigenvalue weighted by molar-refractivity contribution is 9.09. The average molecular weight is 347 g/mol. The van der Waals surface area contributed by atoms with Gasteiger partial charge in [0.25, 0.3) is 11.6 Å². The predicted octanol–water partition coefficient (Wildman–Crippen LogP) is 1.97. The highest BCUT2D eigenvalue weighted by Crippen LogP contribution is 2.22. The number of carbonyl (C=O) groups is 1. The van der Waals surface area contributed by atoms with E-state index < -0.39 is 22.3 Å². The van der Waals surface area contributed by atoms with Gasteiger partial charge in [-0.25, -0.2) is 4.39 Å². The van der Waals surface area contributed by atoms with Gasteiger partial charge in [0, 0.05) is 18.4 Å². The molecule has 1 atom stereocenters. The number of alkyl halides is 1. The molecule has 0 spiro atoms. The van der Waals surface area contributed by atoms with Gasteiger partial charge in [0.2, 0.25) is 0 Å². The number of ether oxygens (including phenoxy) is 1. The fourth-order valence-corrected chi connectivity index (χ4v) is 2.40. The van der Waals surface area contributed by atoms with Crippen LogP contribution in [0.2, 0.25) is 0 Å². The van der Waals surface area contributed by atoms with Crippen LogP contribution in [-0.2, 0) is 4.74 Å². The summed E-state index contributed by atoms with van der Waals surface area (Å²) in [7, 11) is 0. The molecule has 1 amide bonds. The van der Waals surface area contributed by atoms with Crippen LogP contribution in [0.15, 0.2) is 18.2 Å². The number of amides is 1. The Morgan fingerprint density at radius 2 is 2.35 bits per heavy atom. The average Bonchev–Trinajstić information content (AvgIpc) is 2.46. The summed E-state index contributed by atoms with van der Waals surface area (Å²) in [6.07, 6.45) is -0.146. The first-order chi connectivity index (χ1) is 9.52. The summed E-state index contributed by atoms with van der Waals surface area (Å²) in [5.74, 6) is -1.22. The van der Waals surface area contributed by atoms with Gasteiger partial charge >= 0.3 is 0 Å². The molecule has 1 aliphatic rings. The van der Waals surface area contributed by atoms with Crippen molar-refractivity contribution in [2.24, 2.45) is 0 Å². The Kier molecular flexibility index (Phi) is 4.66. The van der Waals surface area contributed by atoms with Gasteiger partial charge in [0.15, 0.2) is 0 Å². The van der Waals surface area contributed by atoms with Crippen LogP contribution in [0.25, 0.3) is 0 Å². The summed E-state index contributed by atoms with van der Waals surface area (Å²) < 4.78 is 18.5. The van der Waals surface area contributed by atoms with Gasteiger partial charge in [-0.15, -0.1) is 0 Å². The van der Waals surface area contributed by atoms with Crippen LogP contribution in [-0.4, -0.2) is 46.9 Å². The lowest BCUT2D eigenvalue weighted by Gasteiger charge is -2.32. The van der Waals surface area contributed by atoms with E-state index in [9.17, 15) is 19.3 Å². The van der Waals surface area contributed by atoms with Crippen molar-refractivity contribution in [1.82, 2.24) is 4.90 Å². The van der Waals surface area contributed by atoms with Gasteiger partial charge in [-0.1, -0.05) is 15.9 Å². The molecule has 20 heavy (non-hydrogen) atoms. The Bertz CT molecular complexity index is 540. The smallest absolute Gasteiger partial charge is 0.285 e. The Hall–Kier alpha value is -1.54. The van der Waals surface area contributed by atoms with Crippen molar-refractivity contribution in [2.45, 2.75) is 6.10 Å². The zero-order chi connectivity index (χ0) is 14.7. The minimum Gasteiger partial charge on any atom is -0.374 e. The molecule has 0 aromatic heterocycles.